The normalized spacial score (nSPS) is 11.7. The van der Waals surface area contributed by atoms with Gasteiger partial charge >= 0.3 is 0 Å². The number of thioether (sulfide) groups is 1. The van der Waals surface area contributed by atoms with Crippen LogP contribution in [0.25, 0.3) is 0 Å². The molecule has 0 fully saturated rings. The Labute approximate surface area is 108 Å². The second kappa shape index (κ2) is 7.75. The molecule has 0 aliphatic heterocycles. The molecular weight excluding hydrogens is 232 g/mol. The van der Waals surface area contributed by atoms with Gasteiger partial charge in [-0.2, -0.15) is 11.8 Å². The molecule has 96 valence electrons. The molecule has 0 aromatic heterocycles. The fraction of sp³-hybridized carbons (Fsp3) is 0.571. The number of aliphatic hydroxyl groups excluding tert-OH is 2. The van der Waals surface area contributed by atoms with Gasteiger partial charge in [0.15, 0.2) is 0 Å². The Morgan fingerprint density at radius 3 is 2.29 bits per heavy atom. The Hall–Kier alpha value is -0.510. The molecule has 2 N–H and O–H groups in total. The third-order valence-electron chi connectivity index (χ3n) is 3.14. The molecule has 0 amide bonds. The van der Waals surface area contributed by atoms with Gasteiger partial charge in [-0.1, -0.05) is 37.3 Å². The predicted octanol–water partition coefficient (Wildman–Crippen LogP) is 2.44. The molecular formula is C14H22O2S. The summed E-state index contributed by atoms with van der Waals surface area (Å²) in [6.07, 6.45) is 1.85. The van der Waals surface area contributed by atoms with Crippen molar-refractivity contribution in [2.45, 2.75) is 25.2 Å². The number of rotatable bonds is 8. The molecule has 0 unspecified atom stereocenters. The van der Waals surface area contributed by atoms with E-state index in [0.29, 0.717) is 0 Å². The van der Waals surface area contributed by atoms with Crippen molar-refractivity contribution in [1.82, 2.24) is 0 Å². The van der Waals surface area contributed by atoms with E-state index in [9.17, 15) is 10.2 Å². The van der Waals surface area contributed by atoms with Gasteiger partial charge in [0.25, 0.3) is 0 Å². The van der Waals surface area contributed by atoms with Crippen LogP contribution in [0.1, 0.15) is 25.3 Å². The summed E-state index contributed by atoms with van der Waals surface area (Å²) >= 11 is 1.90. The van der Waals surface area contributed by atoms with E-state index >= 15 is 0 Å². The van der Waals surface area contributed by atoms with Gasteiger partial charge < -0.3 is 10.2 Å². The minimum Gasteiger partial charge on any atom is -0.395 e. The predicted molar refractivity (Wildman–Crippen MR) is 74.5 cm³/mol. The average molecular weight is 254 g/mol. The first-order valence-electron chi connectivity index (χ1n) is 6.14. The van der Waals surface area contributed by atoms with Crippen LogP contribution in [0.4, 0.5) is 0 Å². The largest absolute Gasteiger partial charge is 0.395 e. The van der Waals surface area contributed by atoms with Crippen LogP contribution >= 0.6 is 11.8 Å². The zero-order valence-electron chi connectivity index (χ0n) is 10.4. The van der Waals surface area contributed by atoms with Gasteiger partial charge in [0.05, 0.1) is 13.2 Å². The highest BCUT2D eigenvalue weighted by Crippen LogP contribution is 2.29. The Morgan fingerprint density at radius 2 is 1.76 bits per heavy atom. The molecule has 0 aliphatic carbocycles. The molecule has 0 atom stereocenters. The van der Waals surface area contributed by atoms with Gasteiger partial charge in [-0.05, 0) is 29.9 Å². The summed E-state index contributed by atoms with van der Waals surface area (Å²) in [4.78, 5) is 0. The fourth-order valence-electron chi connectivity index (χ4n) is 1.98. The first-order valence-corrected chi connectivity index (χ1v) is 7.29. The maximum atomic E-state index is 9.62. The van der Waals surface area contributed by atoms with Crippen molar-refractivity contribution in [3.63, 3.8) is 0 Å². The van der Waals surface area contributed by atoms with E-state index in [-0.39, 0.29) is 13.2 Å². The van der Waals surface area contributed by atoms with Crippen molar-refractivity contribution in [2.75, 3.05) is 24.7 Å². The monoisotopic (exact) mass is 254 g/mol. The van der Waals surface area contributed by atoms with Crippen molar-refractivity contribution in [3.05, 3.63) is 35.9 Å². The summed E-state index contributed by atoms with van der Waals surface area (Å²) in [7, 11) is 0. The highest BCUT2D eigenvalue weighted by molar-refractivity contribution is 7.99. The van der Waals surface area contributed by atoms with Gasteiger partial charge in [0.2, 0.25) is 0 Å². The smallest absolute Gasteiger partial charge is 0.0550 e. The quantitative estimate of drug-likeness (QED) is 0.700. The Balaban J connectivity index is 2.68. The summed E-state index contributed by atoms with van der Waals surface area (Å²) in [5, 5.41) is 19.2. The molecule has 1 rings (SSSR count). The van der Waals surface area contributed by atoms with Crippen LogP contribution in [0.5, 0.6) is 0 Å². The van der Waals surface area contributed by atoms with Crippen LogP contribution in [-0.2, 0) is 5.41 Å². The Kier molecular flexibility index (Phi) is 6.63. The van der Waals surface area contributed by atoms with E-state index < -0.39 is 5.41 Å². The molecule has 0 spiro atoms. The van der Waals surface area contributed by atoms with Gasteiger partial charge in [0.1, 0.15) is 0 Å². The summed E-state index contributed by atoms with van der Waals surface area (Å²) in [5.41, 5.74) is 0.557. The lowest BCUT2D eigenvalue weighted by molar-refractivity contribution is 0.109. The van der Waals surface area contributed by atoms with Crippen LogP contribution in [-0.4, -0.2) is 34.9 Å². The number of benzene rings is 1. The summed E-state index contributed by atoms with van der Waals surface area (Å²) < 4.78 is 0. The maximum absolute atomic E-state index is 9.62. The summed E-state index contributed by atoms with van der Waals surface area (Å²) in [6, 6.07) is 9.83. The minimum absolute atomic E-state index is 0.00427. The van der Waals surface area contributed by atoms with E-state index in [1.165, 1.54) is 0 Å². The molecule has 0 heterocycles. The third-order valence-corrected chi connectivity index (χ3v) is 4.13. The number of hydrogen-bond acceptors (Lipinski definition) is 3. The average Bonchev–Trinajstić information content (AvgIpc) is 2.41. The molecule has 3 heteroatoms. The topological polar surface area (TPSA) is 40.5 Å². The van der Waals surface area contributed by atoms with Gasteiger partial charge in [0, 0.05) is 5.41 Å². The fourth-order valence-corrected chi connectivity index (χ4v) is 2.62. The van der Waals surface area contributed by atoms with Crippen LogP contribution in [0.15, 0.2) is 30.3 Å². The molecule has 0 radical (unpaired) electrons. The van der Waals surface area contributed by atoms with Crippen molar-refractivity contribution in [2.24, 2.45) is 0 Å². The highest BCUT2D eigenvalue weighted by Gasteiger charge is 2.30. The van der Waals surface area contributed by atoms with Crippen molar-refractivity contribution >= 4 is 11.8 Å². The summed E-state index contributed by atoms with van der Waals surface area (Å²) in [5.74, 6) is 2.21. The van der Waals surface area contributed by atoms with Gasteiger partial charge in [-0.25, -0.2) is 0 Å². The zero-order chi connectivity index (χ0) is 12.6. The third kappa shape index (κ3) is 4.02. The minimum atomic E-state index is -0.477. The standard InChI is InChI=1S/C14H22O2S/c1-2-17-10-6-9-14(11-15,12-16)13-7-4-3-5-8-13/h3-5,7-8,15-16H,2,6,9-12H2,1H3. The van der Waals surface area contributed by atoms with E-state index in [1.54, 1.807) is 0 Å². The molecule has 0 saturated carbocycles. The molecule has 0 bridgehead atoms. The lowest BCUT2D eigenvalue weighted by atomic mass is 9.78. The first kappa shape index (κ1) is 14.6. The van der Waals surface area contributed by atoms with Gasteiger partial charge in [-0.15, -0.1) is 0 Å². The van der Waals surface area contributed by atoms with Crippen LogP contribution in [0.2, 0.25) is 0 Å². The SMILES string of the molecule is CCSCCCC(CO)(CO)c1ccccc1. The molecule has 2 nitrogen and oxygen atoms in total. The second-order valence-electron chi connectivity index (χ2n) is 4.26. The van der Waals surface area contributed by atoms with E-state index in [4.69, 9.17) is 0 Å². The number of hydrogen-bond donors (Lipinski definition) is 2. The summed E-state index contributed by atoms with van der Waals surface area (Å²) in [6.45, 7) is 2.15. The van der Waals surface area contributed by atoms with Crippen LogP contribution in [0, 0.1) is 0 Å². The maximum Gasteiger partial charge on any atom is 0.0550 e. The highest BCUT2D eigenvalue weighted by atomic mass is 32.2. The number of aliphatic hydroxyl groups is 2. The van der Waals surface area contributed by atoms with Crippen molar-refractivity contribution in [1.29, 1.82) is 0 Å². The van der Waals surface area contributed by atoms with Crippen molar-refractivity contribution in [3.8, 4) is 0 Å². The lowest BCUT2D eigenvalue weighted by Crippen LogP contribution is -2.35. The zero-order valence-corrected chi connectivity index (χ0v) is 11.2. The van der Waals surface area contributed by atoms with Crippen molar-refractivity contribution < 1.29 is 10.2 Å². The van der Waals surface area contributed by atoms with Gasteiger partial charge in [-0.3, -0.25) is 0 Å². The molecule has 1 aromatic rings. The van der Waals surface area contributed by atoms with E-state index in [0.717, 1.165) is 29.9 Å². The van der Waals surface area contributed by atoms with Crippen LogP contribution < -0.4 is 0 Å². The van der Waals surface area contributed by atoms with Crippen LogP contribution in [0.3, 0.4) is 0 Å². The van der Waals surface area contributed by atoms with E-state index in [1.807, 2.05) is 42.1 Å². The molecule has 1 aromatic carbocycles. The molecule has 17 heavy (non-hydrogen) atoms. The molecule has 0 aliphatic rings. The Morgan fingerprint density at radius 1 is 1.12 bits per heavy atom. The molecule has 0 saturated heterocycles. The first-order chi connectivity index (χ1) is 8.29. The second-order valence-corrected chi connectivity index (χ2v) is 5.66. The lowest BCUT2D eigenvalue weighted by Gasteiger charge is -2.30. The Bertz CT molecular complexity index is 296. The van der Waals surface area contributed by atoms with E-state index in [2.05, 4.69) is 6.92 Å².